The number of aliphatic imine (C=N–C) groups is 1. The van der Waals surface area contributed by atoms with Crippen LogP contribution in [0.4, 0.5) is 11.8 Å². The fourth-order valence-corrected chi connectivity index (χ4v) is 3.95. The van der Waals surface area contributed by atoms with E-state index >= 15 is 0 Å². The highest BCUT2D eigenvalue weighted by Gasteiger charge is 2.27. The zero-order valence-corrected chi connectivity index (χ0v) is 14.8. The van der Waals surface area contributed by atoms with Crippen molar-refractivity contribution in [3.8, 4) is 11.3 Å². The van der Waals surface area contributed by atoms with Crippen molar-refractivity contribution >= 4 is 23.7 Å². The molecule has 2 aromatic heterocycles. The molecule has 3 aliphatic heterocycles. The van der Waals surface area contributed by atoms with E-state index in [2.05, 4.69) is 47.8 Å². The molecule has 0 spiro atoms. The Balaban J connectivity index is 1.52. The summed E-state index contributed by atoms with van der Waals surface area (Å²) in [5, 5.41) is 4.62. The van der Waals surface area contributed by atoms with Crippen LogP contribution in [-0.4, -0.2) is 63.7 Å². The second kappa shape index (κ2) is 5.91. The molecule has 5 heterocycles. The molecule has 0 unspecified atom stereocenters. The van der Waals surface area contributed by atoms with Crippen LogP contribution < -0.4 is 10.6 Å². The lowest BCUT2D eigenvalue weighted by Crippen LogP contribution is -2.31. The Morgan fingerprint density at radius 1 is 1.12 bits per heavy atom. The molecule has 0 amide bonds. The number of nitrogen functional groups attached to an aromatic ring is 1. The normalized spacial score (nSPS) is 20.2. The summed E-state index contributed by atoms with van der Waals surface area (Å²) in [5.41, 5.74) is 8.84. The lowest BCUT2D eigenvalue weighted by atomic mass is 10.0. The zero-order valence-electron chi connectivity index (χ0n) is 14.8. The molecule has 2 N–H and O–H groups in total. The predicted octanol–water partition coefficient (Wildman–Crippen LogP) is 1.43. The van der Waals surface area contributed by atoms with Gasteiger partial charge in [-0.15, -0.1) is 0 Å². The molecule has 3 aliphatic rings. The van der Waals surface area contributed by atoms with Crippen LogP contribution in [0.5, 0.6) is 0 Å². The summed E-state index contributed by atoms with van der Waals surface area (Å²) in [7, 11) is 2.17. The summed E-state index contributed by atoms with van der Waals surface area (Å²) in [6.07, 6.45) is 10.3. The van der Waals surface area contributed by atoms with Crippen molar-refractivity contribution in [1.82, 2.24) is 24.6 Å². The standard InChI is InChI=1S/C18H22N8/c1-24-7-4-13(5-8-24)26-11-12(10-21-26)16-14-2-3-15-20-6-9-25(15)17(14)23-18(19)22-16/h2-3,10-11,13H,4-9H2,1H3,(H2,19,22,23). The van der Waals surface area contributed by atoms with Gasteiger partial charge in [-0.05, 0) is 45.1 Å². The topological polar surface area (TPSA) is 88.5 Å². The molecule has 0 saturated carbocycles. The summed E-state index contributed by atoms with van der Waals surface area (Å²) in [5.74, 6) is 2.08. The first-order chi connectivity index (χ1) is 12.7. The molecule has 0 bridgehead atoms. The molecule has 0 aliphatic carbocycles. The van der Waals surface area contributed by atoms with Crippen LogP contribution in [0.15, 0.2) is 23.5 Å². The van der Waals surface area contributed by atoms with E-state index in [1.807, 2.05) is 18.3 Å². The third-order valence-corrected chi connectivity index (χ3v) is 5.41. The quantitative estimate of drug-likeness (QED) is 0.881. The molecule has 1 fully saturated rings. The third-order valence-electron chi connectivity index (χ3n) is 5.41. The Kier molecular flexibility index (Phi) is 3.53. The number of nitrogens with zero attached hydrogens (tertiary/aromatic N) is 7. The fourth-order valence-electron chi connectivity index (χ4n) is 3.95. The van der Waals surface area contributed by atoms with Gasteiger partial charge >= 0.3 is 0 Å². The summed E-state index contributed by atoms with van der Waals surface area (Å²) in [6, 6.07) is 0.447. The number of hydrogen-bond donors (Lipinski definition) is 1. The summed E-state index contributed by atoms with van der Waals surface area (Å²) in [4.78, 5) is 18.0. The average Bonchev–Trinajstić information content (AvgIpc) is 3.31. The van der Waals surface area contributed by atoms with E-state index in [0.717, 1.165) is 67.5 Å². The zero-order chi connectivity index (χ0) is 17.7. The minimum atomic E-state index is 0.285. The number of piperidine rings is 1. The van der Waals surface area contributed by atoms with Crippen molar-refractivity contribution in [2.24, 2.45) is 4.99 Å². The van der Waals surface area contributed by atoms with E-state index in [1.165, 1.54) is 0 Å². The summed E-state index contributed by atoms with van der Waals surface area (Å²) < 4.78 is 2.09. The molecule has 26 heavy (non-hydrogen) atoms. The number of amidine groups is 1. The van der Waals surface area contributed by atoms with Crippen molar-refractivity contribution in [3.63, 3.8) is 0 Å². The van der Waals surface area contributed by atoms with Crippen molar-refractivity contribution in [2.45, 2.75) is 18.9 Å². The number of hydrogen-bond acceptors (Lipinski definition) is 7. The first-order valence-electron chi connectivity index (χ1n) is 9.10. The first kappa shape index (κ1) is 15.5. The van der Waals surface area contributed by atoms with Crippen LogP contribution >= 0.6 is 0 Å². The maximum Gasteiger partial charge on any atom is 0.222 e. The minimum Gasteiger partial charge on any atom is -0.368 e. The Morgan fingerprint density at radius 3 is 2.81 bits per heavy atom. The van der Waals surface area contributed by atoms with Gasteiger partial charge in [-0.2, -0.15) is 10.1 Å². The van der Waals surface area contributed by atoms with Gasteiger partial charge < -0.3 is 15.5 Å². The van der Waals surface area contributed by atoms with E-state index in [0.29, 0.717) is 6.04 Å². The van der Waals surface area contributed by atoms with Crippen LogP contribution in [0.3, 0.4) is 0 Å². The fraction of sp³-hybridized carbons (Fsp3) is 0.444. The highest BCUT2D eigenvalue weighted by Crippen LogP contribution is 2.35. The second-order valence-corrected chi connectivity index (χ2v) is 7.14. The monoisotopic (exact) mass is 350 g/mol. The molecule has 0 aromatic carbocycles. The van der Waals surface area contributed by atoms with Gasteiger partial charge in [-0.3, -0.25) is 9.67 Å². The first-order valence-corrected chi connectivity index (χ1v) is 9.10. The lowest BCUT2D eigenvalue weighted by Gasteiger charge is -2.29. The lowest BCUT2D eigenvalue weighted by molar-refractivity contribution is 0.212. The van der Waals surface area contributed by atoms with Crippen molar-refractivity contribution in [2.75, 3.05) is 43.9 Å². The van der Waals surface area contributed by atoms with Gasteiger partial charge in [0, 0.05) is 23.9 Å². The van der Waals surface area contributed by atoms with Gasteiger partial charge in [0.25, 0.3) is 0 Å². The molecule has 2 aromatic rings. The van der Waals surface area contributed by atoms with Crippen LogP contribution in [0.2, 0.25) is 0 Å². The van der Waals surface area contributed by atoms with Gasteiger partial charge in [0.1, 0.15) is 11.7 Å². The SMILES string of the molecule is CN1CCC(n2cc(-c3nc(N)nc4c3C=CC3=NCCN34)cn2)CC1. The molecule has 8 nitrogen and oxygen atoms in total. The summed E-state index contributed by atoms with van der Waals surface area (Å²) >= 11 is 0. The molecule has 8 heteroatoms. The van der Waals surface area contributed by atoms with Crippen LogP contribution in [0.1, 0.15) is 24.4 Å². The summed E-state index contributed by atoms with van der Waals surface area (Å²) in [6.45, 7) is 3.83. The Hall–Kier alpha value is -2.74. The minimum absolute atomic E-state index is 0.285. The number of rotatable bonds is 2. The van der Waals surface area contributed by atoms with E-state index < -0.39 is 0 Å². The van der Waals surface area contributed by atoms with E-state index in [1.54, 1.807) is 0 Å². The van der Waals surface area contributed by atoms with Crippen molar-refractivity contribution < 1.29 is 0 Å². The number of nitrogens with two attached hydrogens (primary N) is 1. The number of aromatic nitrogens is 4. The van der Waals surface area contributed by atoms with Gasteiger partial charge in [-0.25, -0.2) is 4.98 Å². The maximum atomic E-state index is 6.02. The van der Waals surface area contributed by atoms with Crippen LogP contribution in [0, 0.1) is 0 Å². The maximum absolute atomic E-state index is 6.02. The smallest absolute Gasteiger partial charge is 0.222 e. The molecule has 0 radical (unpaired) electrons. The highest BCUT2D eigenvalue weighted by molar-refractivity contribution is 6.13. The van der Waals surface area contributed by atoms with Gasteiger partial charge in [0.05, 0.1) is 24.5 Å². The average molecular weight is 350 g/mol. The largest absolute Gasteiger partial charge is 0.368 e. The van der Waals surface area contributed by atoms with E-state index in [-0.39, 0.29) is 5.95 Å². The van der Waals surface area contributed by atoms with Gasteiger partial charge in [-0.1, -0.05) is 0 Å². The molecule has 1 saturated heterocycles. The van der Waals surface area contributed by atoms with Gasteiger partial charge in [0.2, 0.25) is 5.95 Å². The molecular weight excluding hydrogens is 328 g/mol. The molecule has 5 rings (SSSR count). The van der Waals surface area contributed by atoms with Crippen molar-refractivity contribution in [3.05, 3.63) is 24.0 Å². The Bertz CT molecular complexity index is 904. The van der Waals surface area contributed by atoms with E-state index in [9.17, 15) is 0 Å². The van der Waals surface area contributed by atoms with Crippen LogP contribution in [0.25, 0.3) is 17.3 Å². The molecule has 134 valence electrons. The molecular formula is C18H22N8. The molecule has 0 atom stereocenters. The number of fused-ring (bicyclic) bond motifs is 3. The van der Waals surface area contributed by atoms with Crippen LogP contribution in [-0.2, 0) is 0 Å². The number of likely N-dealkylation sites (tertiary alicyclic amines) is 1. The second-order valence-electron chi connectivity index (χ2n) is 7.14. The van der Waals surface area contributed by atoms with E-state index in [4.69, 9.17) is 5.73 Å². The Labute approximate surface area is 152 Å². The van der Waals surface area contributed by atoms with Crippen molar-refractivity contribution in [1.29, 1.82) is 0 Å². The third kappa shape index (κ3) is 2.48. The number of anilines is 2. The highest BCUT2D eigenvalue weighted by atomic mass is 15.3. The van der Waals surface area contributed by atoms with Gasteiger partial charge in [0.15, 0.2) is 0 Å². The predicted molar refractivity (Wildman–Crippen MR) is 102 cm³/mol. The Morgan fingerprint density at radius 2 is 1.96 bits per heavy atom.